The number of likely N-dealkylation sites (N-methyl/N-ethyl adjacent to an activating group) is 1. The predicted molar refractivity (Wildman–Crippen MR) is 206 cm³/mol. The number of nitriles is 1. The van der Waals surface area contributed by atoms with Gasteiger partial charge in [0.1, 0.15) is 23.7 Å². The maximum atomic E-state index is 14.6. The van der Waals surface area contributed by atoms with Crippen LogP contribution in [0, 0.1) is 17.1 Å². The van der Waals surface area contributed by atoms with E-state index in [-0.39, 0.29) is 42.2 Å². The fourth-order valence-electron chi connectivity index (χ4n) is 6.61. The van der Waals surface area contributed by atoms with Crippen molar-refractivity contribution < 1.29 is 36.7 Å². The van der Waals surface area contributed by atoms with Crippen molar-refractivity contribution in [2.75, 3.05) is 25.1 Å². The largest absolute Gasteiger partial charge is 0.416 e. The number of ether oxygens (including phenoxy) is 1. The van der Waals surface area contributed by atoms with Gasteiger partial charge in [0.25, 0.3) is 17.7 Å². The first kappa shape index (κ1) is 41.8. The molecule has 1 aromatic heterocycles. The molecule has 0 fully saturated rings. The number of carbonyl (C=O) groups is 3. The number of nitrogens with zero attached hydrogens (tertiary/aromatic N) is 5. The molecule has 0 aliphatic carbocycles. The molecule has 10 nitrogen and oxygen atoms in total. The number of benzene rings is 4. The summed E-state index contributed by atoms with van der Waals surface area (Å²) in [6.45, 7) is 6.18. The van der Waals surface area contributed by atoms with Crippen LogP contribution in [0.3, 0.4) is 0 Å². The van der Waals surface area contributed by atoms with Gasteiger partial charge in [-0.3, -0.25) is 19.3 Å². The number of carbonyl (C=O) groups excluding carboxylic acids is 3. The summed E-state index contributed by atoms with van der Waals surface area (Å²) in [5, 5.41) is 17.6. The van der Waals surface area contributed by atoms with Crippen molar-refractivity contribution in [2.24, 2.45) is 0 Å². The Kier molecular flexibility index (Phi) is 13.6. The SMILES string of the molecule is CC.CCN1C(=O)C(NC(=O)c2cccc(C(F)(F)F)c2)C(c2ccc(F)cc2)c2c(C(=O)N(C)C(C#N)CCOCc3ccccc3)nn(-c3ccccc3)c21. The van der Waals surface area contributed by atoms with E-state index in [1.54, 1.807) is 37.3 Å². The van der Waals surface area contributed by atoms with Crippen LogP contribution in [-0.4, -0.2) is 64.7 Å². The minimum atomic E-state index is -4.73. The summed E-state index contributed by atoms with van der Waals surface area (Å²) in [6.07, 6.45) is -4.58. The standard InChI is InChI=1S/C41H36F4N6O4.C2H6/c1-3-50-38-34(33(27-17-19-30(42)20-18-27)35(40(50)54)47-37(52)28-13-10-14-29(23-28)41(43,44)45)36(48-51(38)31-15-8-5-9-16-31)39(53)49(2)32(24-46)21-22-55-25-26-11-6-4-7-12-26;1-2/h4-20,23,32-33,35H,3,21-22,25H2,1-2H3,(H,47,52);1-2H3. The Hall–Kier alpha value is -6.33. The molecule has 1 aliphatic rings. The van der Waals surface area contributed by atoms with Gasteiger partial charge in [-0.15, -0.1) is 0 Å². The van der Waals surface area contributed by atoms with E-state index in [9.17, 15) is 37.2 Å². The van der Waals surface area contributed by atoms with Crippen molar-refractivity contribution in [1.82, 2.24) is 20.0 Å². The van der Waals surface area contributed by atoms with E-state index in [1.807, 2.05) is 44.2 Å². The van der Waals surface area contributed by atoms with Crippen molar-refractivity contribution in [3.05, 3.63) is 149 Å². The topological polar surface area (TPSA) is 121 Å². The quantitative estimate of drug-likeness (QED) is 0.101. The van der Waals surface area contributed by atoms with E-state index in [1.165, 1.54) is 39.7 Å². The highest BCUT2D eigenvalue weighted by Gasteiger charge is 2.48. The van der Waals surface area contributed by atoms with Crippen LogP contribution in [-0.2, 0) is 22.3 Å². The second-order valence-electron chi connectivity index (χ2n) is 12.9. The number of nitrogens with one attached hydrogen (secondary N) is 1. The molecular weight excluding hydrogens is 741 g/mol. The van der Waals surface area contributed by atoms with Gasteiger partial charge in [0.2, 0.25) is 0 Å². The van der Waals surface area contributed by atoms with Crippen molar-refractivity contribution in [1.29, 1.82) is 5.26 Å². The Morgan fingerprint density at radius 3 is 2.23 bits per heavy atom. The van der Waals surface area contributed by atoms with E-state index in [0.29, 0.717) is 23.9 Å². The predicted octanol–water partition coefficient (Wildman–Crippen LogP) is 7.92. The molecule has 0 spiro atoms. The first-order chi connectivity index (χ1) is 27.4. The Morgan fingerprint density at radius 2 is 1.61 bits per heavy atom. The average molecular weight is 783 g/mol. The van der Waals surface area contributed by atoms with Gasteiger partial charge < -0.3 is 15.0 Å². The zero-order chi connectivity index (χ0) is 41.3. The third-order valence-corrected chi connectivity index (χ3v) is 9.40. The fraction of sp³-hybridized carbons (Fsp3) is 0.279. The minimum absolute atomic E-state index is 0.0411. The highest BCUT2D eigenvalue weighted by atomic mass is 19.4. The van der Waals surface area contributed by atoms with Crippen LogP contribution in [0.4, 0.5) is 23.4 Å². The third-order valence-electron chi connectivity index (χ3n) is 9.40. The summed E-state index contributed by atoms with van der Waals surface area (Å²) < 4.78 is 62.4. The van der Waals surface area contributed by atoms with Crippen molar-refractivity contribution in [3.63, 3.8) is 0 Å². The summed E-state index contributed by atoms with van der Waals surface area (Å²) in [6, 6.07) is 26.8. The molecule has 57 heavy (non-hydrogen) atoms. The zero-order valence-corrected chi connectivity index (χ0v) is 31.8. The zero-order valence-electron chi connectivity index (χ0n) is 31.8. The van der Waals surface area contributed by atoms with Gasteiger partial charge in [-0.05, 0) is 60.5 Å². The van der Waals surface area contributed by atoms with Gasteiger partial charge in [0.05, 0.1) is 30.5 Å². The van der Waals surface area contributed by atoms with Gasteiger partial charge in [-0.1, -0.05) is 80.6 Å². The lowest BCUT2D eigenvalue weighted by Crippen LogP contribution is -2.55. The average Bonchev–Trinajstić information content (AvgIpc) is 3.62. The molecule has 0 saturated carbocycles. The van der Waals surface area contributed by atoms with Gasteiger partial charge in [-0.2, -0.15) is 23.5 Å². The maximum absolute atomic E-state index is 14.6. The molecule has 6 rings (SSSR count). The highest BCUT2D eigenvalue weighted by Crippen LogP contribution is 2.44. The molecule has 4 aromatic carbocycles. The molecule has 5 aromatic rings. The van der Waals surface area contributed by atoms with E-state index in [4.69, 9.17) is 9.84 Å². The molecule has 1 N–H and O–H groups in total. The molecule has 2 heterocycles. The van der Waals surface area contributed by atoms with Gasteiger partial charge in [0.15, 0.2) is 5.69 Å². The number of hydrogen-bond acceptors (Lipinski definition) is 6. The van der Waals surface area contributed by atoms with Crippen LogP contribution in [0.1, 0.15) is 76.2 Å². The summed E-state index contributed by atoms with van der Waals surface area (Å²) in [5.74, 6) is -3.86. The van der Waals surface area contributed by atoms with E-state index < -0.39 is 53.3 Å². The lowest BCUT2D eigenvalue weighted by molar-refractivity contribution is -0.137. The van der Waals surface area contributed by atoms with Crippen molar-refractivity contribution >= 4 is 23.5 Å². The summed E-state index contributed by atoms with van der Waals surface area (Å²) in [5.41, 5.74) is 0.385. The third kappa shape index (κ3) is 9.22. The summed E-state index contributed by atoms with van der Waals surface area (Å²) >= 11 is 0. The number of anilines is 1. The first-order valence-corrected chi connectivity index (χ1v) is 18.4. The molecule has 0 saturated heterocycles. The summed E-state index contributed by atoms with van der Waals surface area (Å²) in [4.78, 5) is 45.4. The van der Waals surface area contributed by atoms with E-state index in [2.05, 4.69) is 11.4 Å². The second kappa shape index (κ2) is 18.5. The van der Waals surface area contributed by atoms with Gasteiger partial charge in [0, 0.05) is 37.1 Å². The molecular formula is C43H42F4N6O4. The lowest BCUT2D eigenvalue weighted by atomic mass is 9.80. The molecule has 3 amide bonds. The van der Waals surface area contributed by atoms with Crippen LogP contribution in [0.5, 0.6) is 0 Å². The van der Waals surface area contributed by atoms with Crippen molar-refractivity contribution in [3.8, 4) is 11.8 Å². The number of hydrogen-bond donors (Lipinski definition) is 1. The number of aromatic nitrogens is 2. The number of rotatable bonds is 12. The molecule has 14 heteroatoms. The van der Waals surface area contributed by atoms with Crippen LogP contribution in [0.25, 0.3) is 5.69 Å². The van der Waals surface area contributed by atoms with Crippen LogP contribution in [0.2, 0.25) is 0 Å². The number of alkyl halides is 3. The Morgan fingerprint density at radius 1 is 0.965 bits per heavy atom. The van der Waals surface area contributed by atoms with Gasteiger partial charge >= 0.3 is 6.18 Å². The lowest BCUT2D eigenvalue weighted by Gasteiger charge is -2.38. The molecule has 1 aliphatic heterocycles. The molecule has 296 valence electrons. The smallest absolute Gasteiger partial charge is 0.377 e. The normalized spacial score (nSPS) is 15.4. The number of fused-ring (bicyclic) bond motifs is 1. The molecule has 0 radical (unpaired) electrons. The molecule has 3 atom stereocenters. The maximum Gasteiger partial charge on any atom is 0.416 e. The van der Waals surface area contributed by atoms with E-state index >= 15 is 0 Å². The van der Waals surface area contributed by atoms with Crippen LogP contribution < -0.4 is 10.2 Å². The number of halogens is 4. The van der Waals surface area contributed by atoms with Crippen molar-refractivity contribution in [2.45, 2.75) is 58.0 Å². The fourth-order valence-corrected chi connectivity index (χ4v) is 6.61. The Bertz CT molecular complexity index is 2210. The van der Waals surface area contributed by atoms with E-state index in [0.717, 1.165) is 29.8 Å². The monoisotopic (exact) mass is 782 g/mol. The molecule has 0 bridgehead atoms. The molecule has 3 unspecified atom stereocenters. The van der Waals surface area contributed by atoms with Gasteiger partial charge in [-0.25, -0.2) is 9.07 Å². The first-order valence-electron chi connectivity index (χ1n) is 18.4. The number of amides is 3. The Balaban J connectivity index is 0.00000305. The highest BCUT2D eigenvalue weighted by molar-refractivity contribution is 6.07. The van der Waals surface area contributed by atoms with Crippen LogP contribution in [0.15, 0.2) is 109 Å². The number of para-hydroxylation sites is 1. The minimum Gasteiger partial charge on any atom is -0.377 e. The van der Waals surface area contributed by atoms with Crippen LogP contribution >= 0.6 is 0 Å². The summed E-state index contributed by atoms with van der Waals surface area (Å²) in [7, 11) is 1.45. The Labute approximate surface area is 328 Å². The second-order valence-corrected chi connectivity index (χ2v) is 12.9.